The van der Waals surface area contributed by atoms with E-state index >= 15 is 0 Å². The summed E-state index contributed by atoms with van der Waals surface area (Å²) in [5, 5.41) is 9.91. The number of hydrogen-bond donors (Lipinski definition) is 2. The van der Waals surface area contributed by atoms with E-state index in [9.17, 15) is 9.18 Å². The molecule has 0 bridgehead atoms. The summed E-state index contributed by atoms with van der Waals surface area (Å²) in [6.45, 7) is 1.94. The summed E-state index contributed by atoms with van der Waals surface area (Å²) in [6, 6.07) is 3.61. The van der Waals surface area contributed by atoms with Crippen molar-refractivity contribution in [2.24, 2.45) is 7.05 Å². The molecule has 132 valence electrons. The van der Waals surface area contributed by atoms with Gasteiger partial charge in [-0.2, -0.15) is 5.10 Å². The van der Waals surface area contributed by atoms with Crippen LogP contribution in [0.2, 0.25) is 5.02 Å². The van der Waals surface area contributed by atoms with Gasteiger partial charge in [0.15, 0.2) is 0 Å². The van der Waals surface area contributed by atoms with Crippen LogP contribution in [0, 0.1) is 12.7 Å². The summed E-state index contributed by atoms with van der Waals surface area (Å²) in [4.78, 5) is 12.4. The van der Waals surface area contributed by atoms with Crippen LogP contribution >= 0.6 is 11.6 Å². The number of amides is 2. The van der Waals surface area contributed by atoms with Crippen LogP contribution in [0.1, 0.15) is 36.9 Å². The summed E-state index contributed by atoms with van der Waals surface area (Å²) < 4.78 is 14.9. The number of aromatic nitrogens is 2. The van der Waals surface area contributed by atoms with Gasteiger partial charge in [0.1, 0.15) is 11.6 Å². The van der Waals surface area contributed by atoms with E-state index in [1.807, 2.05) is 6.92 Å². The number of aryl methyl sites for hydroxylation is 2. The van der Waals surface area contributed by atoms with Gasteiger partial charge in [-0.25, -0.2) is 9.18 Å². The molecule has 2 N–H and O–H groups in total. The van der Waals surface area contributed by atoms with E-state index < -0.39 is 11.8 Å². The Balaban J connectivity index is 1.81. The molecule has 7 heteroatoms. The van der Waals surface area contributed by atoms with Gasteiger partial charge in [0.25, 0.3) is 0 Å². The molecule has 0 saturated carbocycles. The zero-order valence-electron chi connectivity index (χ0n) is 14.2. The number of nitrogens with zero attached hydrogens (tertiary/aromatic N) is 2. The third-order valence-corrected chi connectivity index (χ3v) is 4.53. The van der Waals surface area contributed by atoms with E-state index in [1.54, 1.807) is 11.7 Å². The van der Waals surface area contributed by atoms with Crippen LogP contribution in [-0.4, -0.2) is 15.8 Å². The predicted octanol–water partition coefficient (Wildman–Crippen LogP) is 5.12. The predicted molar refractivity (Wildman–Crippen MR) is 98.4 cm³/mol. The lowest BCUT2D eigenvalue weighted by Crippen LogP contribution is -2.22. The van der Waals surface area contributed by atoms with Gasteiger partial charge >= 0.3 is 6.03 Å². The van der Waals surface area contributed by atoms with Crippen molar-refractivity contribution in [2.45, 2.75) is 32.6 Å². The van der Waals surface area contributed by atoms with E-state index in [2.05, 4.69) is 21.8 Å². The smallest absolute Gasteiger partial charge is 0.308 e. The SMILES string of the molecule is Cc1nn(C)c(NC(=O)Nc2ccc(F)c(Cl)c2)c1C1=CCCCC1. The minimum absolute atomic E-state index is 0.0396. The van der Waals surface area contributed by atoms with Crippen LogP contribution in [0.3, 0.4) is 0 Å². The van der Waals surface area contributed by atoms with E-state index in [0.29, 0.717) is 11.5 Å². The summed E-state index contributed by atoms with van der Waals surface area (Å²) >= 11 is 5.74. The van der Waals surface area contributed by atoms with Gasteiger partial charge in [0, 0.05) is 18.3 Å². The molecule has 0 atom stereocenters. The fourth-order valence-corrected chi connectivity index (χ4v) is 3.28. The lowest BCUT2D eigenvalue weighted by atomic mass is 9.93. The Bertz CT molecular complexity index is 844. The van der Waals surface area contributed by atoms with Crippen LogP contribution in [0.5, 0.6) is 0 Å². The van der Waals surface area contributed by atoms with Crippen molar-refractivity contribution >= 4 is 34.7 Å². The van der Waals surface area contributed by atoms with Gasteiger partial charge in [-0.05, 0) is 56.4 Å². The van der Waals surface area contributed by atoms with Crippen molar-refractivity contribution in [3.8, 4) is 0 Å². The van der Waals surface area contributed by atoms with Crippen LogP contribution in [0.4, 0.5) is 20.7 Å². The number of benzene rings is 1. The molecule has 0 unspecified atom stereocenters. The Morgan fingerprint density at radius 2 is 2.12 bits per heavy atom. The van der Waals surface area contributed by atoms with E-state index in [1.165, 1.54) is 30.2 Å². The minimum Gasteiger partial charge on any atom is -0.308 e. The number of halogens is 2. The van der Waals surface area contributed by atoms with Crippen LogP contribution in [-0.2, 0) is 7.05 Å². The molecule has 5 nitrogen and oxygen atoms in total. The molecule has 0 fully saturated rings. The Kier molecular flexibility index (Phi) is 5.08. The summed E-state index contributed by atoms with van der Waals surface area (Å²) in [6.07, 6.45) is 6.58. The zero-order valence-corrected chi connectivity index (χ0v) is 15.0. The average Bonchev–Trinajstić information content (AvgIpc) is 2.85. The fourth-order valence-electron chi connectivity index (χ4n) is 3.09. The fraction of sp³-hybridized carbons (Fsp3) is 0.333. The first kappa shape index (κ1) is 17.5. The molecule has 0 saturated heterocycles. The number of anilines is 2. The molecule has 0 aliphatic heterocycles. The molecule has 1 aromatic heterocycles. The number of rotatable bonds is 3. The molecule has 2 aromatic rings. The first-order valence-corrected chi connectivity index (χ1v) is 8.59. The van der Waals surface area contributed by atoms with Crippen molar-refractivity contribution in [1.82, 2.24) is 9.78 Å². The Morgan fingerprint density at radius 3 is 2.80 bits per heavy atom. The molecule has 1 heterocycles. The first-order valence-electron chi connectivity index (χ1n) is 8.22. The minimum atomic E-state index is -0.526. The lowest BCUT2D eigenvalue weighted by molar-refractivity contribution is 0.262. The number of hydrogen-bond acceptors (Lipinski definition) is 2. The maximum absolute atomic E-state index is 13.2. The molecule has 1 aromatic carbocycles. The highest BCUT2D eigenvalue weighted by atomic mass is 35.5. The molecular formula is C18H20ClFN4O. The Labute approximate surface area is 150 Å². The second-order valence-corrected chi connectivity index (χ2v) is 6.52. The van der Waals surface area contributed by atoms with E-state index in [4.69, 9.17) is 11.6 Å². The van der Waals surface area contributed by atoms with E-state index in [0.717, 1.165) is 30.5 Å². The van der Waals surface area contributed by atoms with Crippen molar-refractivity contribution in [3.63, 3.8) is 0 Å². The van der Waals surface area contributed by atoms with E-state index in [-0.39, 0.29) is 5.02 Å². The highest BCUT2D eigenvalue weighted by Crippen LogP contribution is 2.33. The molecule has 0 radical (unpaired) electrons. The molecule has 0 spiro atoms. The number of carbonyl (C=O) groups excluding carboxylic acids is 1. The highest BCUT2D eigenvalue weighted by molar-refractivity contribution is 6.31. The standard InChI is InChI=1S/C18H20ClFN4O/c1-11-16(12-6-4-3-5-7-12)17(24(2)23-11)22-18(25)21-13-8-9-15(20)14(19)10-13/h6,8-10H,3-5,7H2,1-2H3,(H2,21,22,25). The molecule has 25 heavy (non-hydrogen) atoms. The topological polar surface area (TPSA) is 59.0 Å². The number of allylic oxidation sites excluding steroid dienone is 2. The van der Waals surface area contributed by atoms with Gasteiger partial charge in [-0.15, -0.1) is 0 Å². The zero-order chi connectivity index (χ0) is 18.0. The van der Waals surface area contributed by atoms with Crippen LogP contribution < -0.4 is 10.6 Å². The van der Waals surface area contributed by atoms with Crippen molar-refractivity contribution < 1.29 is 9.18 Å². The van der Waals surface area contributed by atoms with Gasteiger partial charge in [0.05, 0.1) is 10.7 Å². The van der Waals surface area contributed by atoms with Crippen LogP contribution in [0.15, 0.2) is 24.3 Å². The third kappa shape index (κ3) is 3.85. The van der Waals surface area contributed by atoms with Gasteiger partial charge in [-0.1, -0.05) is 17.7 Å². The molecule has 1 aliphatic carbocycles. The Hall–Kier alpha value is -2.34. The Morgan fingerprint density at radius 1 is 1.32 bits per heavy atom. The van der Waals surface area contributed by atoms with Crippen LogP contribution in [0.25, 0.3) is 5.57 Å². The van der Waals surface area contributed by atoms with Crippen molar-refractivity contribution in [2.75, 3.05) is 10.6 Å². The largest absolute Gasteiger partial charge is 0.324 e. The first-order chi connectivity index (χ1) is 12.0. The number of carbonyl (C=O) groups is 1. The molecule has 2 amide bonds. The highest BCUT2D eigenvalue weighted by Gasteiger charge is 2.20. The summed E-state index contributed by atoms with van der Waals surface area (Å²) in [5.41, 5.74) is 3.50. The summed E-state index contributed by atoms with van der Waals surface area (Å²) in [5.74, 6) is 0.123. The lowest BCUT2D eigenvalue weighted by Gasteiger charge is -2.15. The number of nitrogens with one attached hydrogen (secondary N) is 2. The average molecular weight is 363 g/mol. The normalized spacial score (nSPS) is 14.2. The second kappa shape index (κ2) is 7.27. The monoisotopic (exact) mass is 362 g/mol. The number of urea groups is 1. The molecular weight excluding hydrogens is 343 g/mol. The van der Waals surface area contributed by atoms with Crippen molar-refractivity contribution in [3.05, 3.63) is 46.4 Å². The quantitative estimate of drug-likeness (QED) is 0.795. The van der Waals surface area contributed by atoms with Gasteiger partial charge in [-0.3, -0.25) is 10.00 Å². The molecule has 3 rings (SSSR count). The van der Waals surface area contributed by atoms with Gasteiger partial charge in [0.2, 0.25) is 0 Å². The second-order valence-electron chi connectivity index (χ2n) is 6.12. The van der Waals surface area contributed by atoms with Crippen molar-refractivity contribution in [1.29, 1.82) is 0 Å². The maximum Gasteiger partial charge on any atom is 0.324 e. The summed E-state index contributed by atoms with van der Waals surface area (Å²) in [7, 11) is 1.80. The molecule has 1 aliphatic rings. The maximum atomic E-state index is 13.2. The van der Waals surface area contributed by atoms with Gasteiger partial charge < -0.3 is 5.32 Å². The third-order valence-electron chi connectivity index (χ3n) is 4.24.